The minimum atomic E-state index is -0.151. The topological polar surface area (TPSA) is 42.0 Å². The number of hydrogen-bond donors (Lipinski definition) is 1. The van der Waals surface area contributed by atoms with Crippen molar-refractivity contribution in [3.63, 3.8) is 0 Å². The highest BCUT2D eigenvalue weighted by Gasteiger charge is 2.06. The van der Waals surface area contributed by atoms with E-state index in [9.17, 15) is 4.79 Å². The van der Waals surface area contributed by atoms with Gasteiger partial charge in [-0.1, -0.05) is 30.5 Å². The largest absolute Gasteiger partial charge is 0.351 e. The SMILES string of the molecule is CSCCCCCCNC(=O)c1cccc(Cl)n1. The zero-order valence-corrected chi connectivity index (χ0v) is 12.2. The van der Waals surface area contributed by atoms with Crippen molar-refractivity contribution < 1.29 is 4.79 Å². The molecule has 0 saturated carbocycles. The van der Waals surface area contributed by atoms with Crippen molar-refractivity contribution in [1.82, 2.24) is 10.3 Å². The van der Waals surface area contributed by atoms with Crippen molar-refractivity contribution in [2.45, 2.75) is 25.7 Å². The van der Waals surface area contributed by atoms with Crippen molar-refractivity contribution in [2.24, 2.45) is 0 Å². The first kappa shape index (κ1) is 15.3. The predicted molar refractivity (Wildman–Crippen MR) is 78.4 cm³/mol. The summed E-state index contributed by atoms with van der Waals surface area (Å²) in [6.07, 6.45) is 6.78. The Labute approximate surface area is 118 Å². The zero-order chi connectivity index (χ0) is 13.2. The maximum atomic E-state index is 11.7. The second kappa shape index (κ2) is 9.22. The van der Waals surface area contributed by atoms with Crippen LogP contribution < -0.4 is 5.32 Å². The minimum Gasteiger partial charge on any atom is -0.351 e. The van der Waals surface area contributed by atoms with Crippen molar-refractivity contribution in [3.8, 4) is 0 Å². The van der Waals surface area contributed by atoms with E-state index in [-0.39, 0.29) is 5.91 Å². The number of unbranched alkanes of at least 4 members (excludes halogenated alkanes) is 3. The first-order valence-corrected chi connectivity index (χ1v) is 7.91. The van der Waals surface area contributed by atoms with Crippen LogP contribution in [0.4, 0.5) is 0 Å². The van der Waals surface area contributed by atoms with Gasteiger partial charge in [0.2, 0.25) is 0 Å². The Bertz CT molecular complexity index is 374. The highest BCUT2D eigenvalue weighted by Crippen LogP contribution is 2.06. The molecule has 0 atom stereocenters. The Balaban J connectivity index is 2.14. The van der Waals surface area contributed by atoms with Crippen molar-refractivity contribution in [1.29, 1.82) is 0 Å². The molecule has 0 aliphatic rings. The summed E-state index contributed by atoms with van der Waals surface area (Å²) in [5.41, 5.74) is 0.380. The van der Waals surface area contributed by atoms with Crippen molar-refractivity contribution in [3.05, 3.63) is 29.0 Å². The summed E-state index contributed by atoms with van der Waals surface area (Å²) in [5.74, 6) is 1.07. The molecule has 0 fully saturated rings. The molecule has 0 bridgehead atoms. The highest BCUT2D eigenvalue weighted by atomic mass is 35.5. The summed E-state index contributed by atoms with van der Waals surface area (Å²) in [6.45, 7) is 0.701. The van der Waals surface area contributed by atoms with Gasteiger partial charge in [0.25, 0.3) is 5.91 Å². The summed E-state index contributed by atoms with van der Waals surface area (Å²) in [4.78, 5) is 15.7. The monoisotopic (exact) mass is 286 g/mol. The van der Waals surface area contributed by atoms with Crippen LogP contribution in [0.2, 0.25) is 5.15 Å². The van der Waals surface area contributed by atoms with E-state index in [4.69, 9.17) is 11.6 Å². The summed E-state index contributed by atoms with van der Waals surface area (Å²) < 4.78 is 0. The van der Waals surface area contributed by atoms with Crippen LogP contribution in [0.1, 0.15) is 36.2 Å². The maximum absolute atomic E-state index is 11.7. The van der Waals surface area contributed by atoms with E-state index in [0.29, 0.717) is 17.4 Å². The first-order chi connectivity index (χ1) is 8.74. The molecular weight excluding hydrogens is 268 g/mol. The third-order valence-electron chi connectivity index (χ3n) is 2.51. The van der Waals surface area contributed by atoms with Gasteiger partial charge in [-0.2, -0.15) is 11.8 Å². The fourth-order valence-corrected chi connectivity index (χ4v) is 2.21. The number of thioether (sulfide) groups is 1. The molecular formula is C13H19ClN2OS. The van der Waals surface area contributed by atoms with Gasteiger partial charge in [0.05, 0.1) is 0 Å². The summed E-state index contributed by atoms with van der Waals surface area (Å²) in [7, 11) is 0. The molecule has 3 nitrogen and oxygen atoms in total. The third kappa shape index (κ3) is 6.26. The van der Waals surface area contributed by atoms with Crippen LogP contribution >= 0.6 is 23.4 Å². The van der Waals surface area contributed by atoms with Crippen LogP contribution in [0.3, 0.4) is 0 Å². The molecule has 100 valence electrons. The Kier molecular flexibility index (Phi) is 7.85. The van der Waals surface area contributed by atoms with Gasteiger partial charge in [-0.25, -0.2) is 4.98 Å². The molecule has 18 heavy (non-hydrogen) atoms. The Morgan fingerprint density at radius 1 is 1.33 bits per heavy atom. The lowest BCUT2D eigenvalue weighted by atomic mass is 10.2. The van der Waals surface area contributed by atoms with Crippen molar-refractivity contribution in [2.75, 3.05) is 18.6 Å². The van der Waals surface area contributed by atoms with Gasteiger partial charge >= 0.3 is 0 Å². The quantitative estimate of drug-likeness (QED) is 0.588. The molecule has 1 rings (SSSR count). The smallest absolute Gasteiger partial charge is 0.269 e. The van der Waals surface area contributed by atoms with E-state index in [1.807, 2.05) is 11.8 Å². The van der Waals surface area contributed by atoms with Crippen LogP contribution in [0.15, 0.2) is 18.2 Å². The van der Waals surface area contributed by atoms with E-state index in [2.05, 4.69) is 16.6 Å². The molecule has 0 radical (unpaired) electrons. The van der Waals surface area contributed by atoms with Gasteiger partial charge in [0.15, 0.2) is 0 Å². The fraction of sp³-hybridized carbons (Fsp3) is 0.538. The number of amides is 1. The van der Waals surface area contributed by atoms with Crippen LogP contribution in [-0.2, 0) is 0 Å². The molecule has 0 unspecified atom stereocenters. The fourth-order valence-electron chi connectivity index (χ4n) is 1.55. The van der Waals surface area contributed by atoms with Crippen LogP contribution in [0, 0.1) is 0 Å². The summed E-state index contributed by atoms with van der Waals surface area (Å²) in [5, 5.41) is 3.20. The van der Waals surface area contributed by atoms with Gasteiger partial charge in [0.1, 0.15) is 10.8 Å². The average molecular weight is 287 g/mol. The predicted octanol–water partition coefficient (Wildman–Crippen LogP) is 3.39. The standard InChI is InChI=1S/C13H19ClN2OS/c1-18-10-5-3-2-4-9-15-13(17)11-7-6-8-12(14)16-11/h6-8H,2-5,9-10H2,1H3,(H,15,17). The molecule has 1 amide bonds. The molecule has 1 heterocycles. The maximum Gasteiger partial charge on any atom is 0.269 e. The average Bonchev–Trinajstić information content (AvgIpc) is 2.37. The molecule has 0 aromatic carbocycles. The lowest BCUT2D eigenvalue weighted by Crippen LogP contribution is -2.25. The summed E-state index contributed by atoms with van der Waals surface area (Å²) >= 11 is 7.61. The lowest BCUT2D eigenvalue weighted by Gasteiger charge is -2.04. The lowest BCUT2D eigenvalue weighted by molar-refractivity contribution is 0.0948. The molecule has 0 spiro atoms. The number of hydrogen-bond acceptors (Lipinski definition) is 3. The number of aromatic nitrogens is 1. The second-order valence-corrected chi connectivity index (χ2v) is 5.38. The number of nitrogens with zero attached hydrogens (tertiary/aromatic N) is 1. The number of carbonyl (C=O) groups excluding carboxylic acids is 1. The van der Waals surface area contributed by atoms with Gasteiger partial charge in [-0.3, -0.25) is 4.79 Å². The normalized spacial score (nSPS) is 10.3. The van der Waals surface area contributed by atoms with E-state index >= 15 is 0 Å². The van der Waals surface area contributed by atoms with Gasteiger partial charge in [-0.15, -0.1) is 0 Å². The first-order valence-electron chi connectivity index (χ1n) is 6.13. The van der Waals surface area contributed by atoms with E-state index in [1.54, 1.807) is 18.2 Å². The van der Waals surface area contributed by atoms with Crippen LogP contribution in [-0.4, -0.2) is 29.4 Å². The van der Waals surface area contributed by atoms with E-state index in [1.165, 1.54) is 18.6 Å². The Morgan fingerprint density at radius 2 is 2.11 bits per heavy atom. The molecule has 1 aromatic rings. The number of pyridine rings is 1. The van der Waals surface area contributed by atoms with Crippen molar-refractivity contribution >= 4 is 29.3 Å². The molecule has 1 N–H and O–H groups in total. The van der Waals surface area contributed by atoms with Gasteiger partial charge in [-0.05, 0) is 37.0 Å². The summed E-state index contributed by atoms with van der Waals surface area (Å²) in [6, 6.07) is 5.05. The number of carbonyl (C=O) groups is 1. The molecule has 0 aliphatic carbocycles. The minimum absolute atomic E-state index is 0.151. The Hall–Kier alpha value is -0.740. The van der Waals surface area contributed by atoms with E-state index < -0.39 is 0 Å². The molecule has 0 saturated heterocycles. The number of rotatable bonds is 8. The number of nitrogens with one attached hydrogen (secondary N) is 1. The number of halogens is 1. The Morgan fingerprint density at radius 3 is 2.83 bits per heavy atom. The van der Waals surface area contributed by atoms with Crippen LogP contribution in [0.5, 0.6) is 0 Å². The second-order valence-electron chi connectivity index (χ2n) is 4.01. The van der Waals surface area contributed by atoms with Crippen LogP contribution in [0.25, 0.3) is 0 Å². The molecule has 0 aliphatic heterocycles. The van der Waals surface area contributed by atoms with Gasteiger partial charge < -0.3 is 5.32 Å². The highest BCUT2D eigenvalue weighted by molar-refractivity contribution is 7.98. The zero-order valence-electron chi connectivity index (χ0n) is 10.6. The molecule has 1 aromatic heterocycles. The molecule has 5 heteroatoms. The third-order valence-corrected chi connectivity index (χ3v) is 3.42. The van der Waals surface area contributed by atoms with E-state index in [0.717, 1.165) is 12.8 Å². The van der Waals surface area contributed by atoms with Gasteiger partial charge in [0, 0.05) is 6.54 Å².